The Morgan fingerprint density at radius 2 is 1.89 bits per heavy atom. The molecule has 180 valence electrons. The Morgan fingerprint density at radius 1 is 1.14 bits per heavy atom. The molecule has 9 heteroatoms. The van der Waals surface area contributed by atoms with Crippen molar-refractivity contribution in [1.82, 2.24) is 5.32 Å². The number of benzene rings is 2. The Kier molecular flexibility index (Phi) is 8.70. The molecule has 0 aliphatic rings. The predicted molar refractivity (Wildman–Crippen MR) is 132 cm³/mol. The lowest BCUT2D eigenvalue weighted by Gasteiger charge is -2.13. The van der Waals surface area contributed by atoms with Gasteiger partial charge in [-0.3, -0.25) is 4.79 Å². The maximum absolute atomic E-state index is 12.4. The fourth-order valence-electron chi connectivity index (χ4n) is 3.26. The molecule has 1 N–H and O–H groups in total. The molecule has 0 radical (unpaired) electrons. The Bertz CT molecular complexity index is 1270. The van der Waals surface area contributed by atoms with Crippen LogP contribution in [0.2, 0.25) is 0 Å². The van der Waals surface area contributed by atoms with Gasteiger partial charge in [0.1, 0.15) is 23.2 Å². The van der Waals surface area contributed by atoms with Crippen LogP contribution in [0.5, 0.6) is 17.2 Å². The number of hydrogen-bond acceptors (Lipinski definition) is 7. The molecule has 0 atom stereocenters. The smallest absolute Gasteiger partial charge is 0.349 e. The van der Waals surface area contributed by atoms with Gasteiger partial charge in [-0.25, -0.2) is 4.79 Å². The highest BCUT2D eigenvalue weighted by molar-refractivity contribution is 9.10. The summed E-state index contributed by atoms with van der Waals surface area (Å²) in [6.45, 7) is 3.65. The summed E-state index contributed by atoms with van der Waals surface area (Å²) in [6.07, 6.45) is 2.91. The highest BCUT2D eigenvalue weighted by atomic mass is 79.9. The molecule has 35 heavy (non-hydrogen) atoms. The number of aryl methyl sites for hydroxylation is 2. The van der Waals surface area contributed by atoms with Gasteiger partial charge < -0.3 is 23.9 Å². The number of methoxy groups -OCH3 is 1. The van der Waals surface area contributed by atoms with Gasteiger partial charge in [0.25, 0.3) is 5.91 Å². The molecule has 0 aliphatic heterocycles. The van der Waals surface area contributed by atoms with Crippen LogP contribution in [0, 0.1) is 25.2 Å². The van der Waals surface area contributed by atoms with Crippen molar-refractivity contribution in [3.63, 3.8) is 0 Å². The SMILES string of the molecule is COc1cc(/C=C(\C#N)C(=O)NCc2ccco2)ccc1OC(=O)COc1c(C)cc(Br)cc1C. The van der Waals surface area contributed by atoms with Crippen LogP contribution in [0.1, 0.15) is 22.5 Å². The van der Waals surface area contributed by atoms with E-state index >= 15 is 0 Å². The summed E-state index contributed by atoms with van der Waals surface area (Å²) in [6, 6.07) is 13.8. The number of carbonyl (C=O) groups is 2. The molecule has 8 nitrogen and oxygen atoms in total. The van der Waals surface area contributed by atoms with E-state index < -0.39 is 11.9 Å². The third-order valence-electron chi connectivity index (χ3n) is 4.85. The Hall–Kier alpha value is -4.03. The predicted octanol–water partition coefficient (Wildman–Crippen LogP) is 4.88. The quantitative estimate of drug-likeness (QED) is 0.179. The van der Waals surface area contributed by atoms with Crippen LogP contribution in [0.15, 0.2) is 63.2 Å². The number of ether oxygens (including phenoxy) is 3. The number of esters is 1. The van der Waals surface area contributed by atoms with Gasteiger partial charge in [-0.2, -0.15) is 5.26 Å². The summed E-state index contributed by atoms with van der Waals surface area (Å²) in [7, 11) is 1.42. The van der Waals surface area contributed by atoms with E-state index in [2.05, 4.69) is 21.2 Å². The number of nitrogens with zero attached hydrogens (tertiary/aromatic N) is 1. The lowest BCUT2D eigenvalue weighted by Crippen LogP contribution is -2.23. The van der Waals surface area contributed by atoms with Crippen molar-refractivity contribution in [1.29, 1.82) is 5.26 Å². The van der Waals surface area contributed by atoms with Crippen LogP contribution in [-0.2, 0) is 16.1 Å². The summed E-state index contributed by atoms with van der Waals surface area (Å²) < 4.78 is 22.5. The lowest BCUT2D eigenvalue weighted by molar-refractivity contribution is -0.136. The fourth-order valence-corrected chi connectivity index (χ4v) is 3.94. The van der Waals surface area contributed by atoms with Crippen LogP contribution in [-0.4, -0.2) is 25.6 Å². The number of furan rings is 1. The Morgan fingerprint density at radius 3 is 2.51 bits per heavy atom. The molecule has 2 aromatic carbocycles. The number of hydrogen-bond donors (Lipinski definition) is 1. The average Bonchev–Trinajstić information content (AvgIpc) is 3.34. The number of rotatable bonds is 9. The van der Waals surface area contributed by atoms with Gasteiger partial charge in [0.2, 0.25) is 0 Å². The largest absolute Gasteiger partial charge is 0.493 e. The van der Waals surface area contributed by atoms with Crippen LogP contribution in [0.3, 0.4) is 0 Å². The van der Waals surface area contributed by atoms with Crippen LogP contribution in [0.25, 0.3) is 6.08 Å². The maximum Gasteiger partial charge on any atom is 0.349 e. The summed E-state index contributed by atoms with van der Waals surface area (Å²) in [4.78, 5) is 24.7. The van der Waals surface area contributed by atoms with Crippen molar-refractivity contribution in [2.45, 2.75) is 20.4 Å². The number of amides is 1. The summed E-state index contributed by atoms with van der Waals surface area (Å²) in [5.74, 6) is 0.474. The van der Waals surface area contributed by atoms with Gasteiger partial charge in [0.15, 0.2) is 18.1 Å². The molecule has 3 rings (SSSR count). The van der Waals surface area contributed by atoms with E-state index in [0.29, 0.717) is 17.1 Å². The topological polar surface area (TPSA) is 111 Å². The minimum atomic E-state index is -0.608. The zero-order valence-corrected chi connectivity index (χ0v) is 21.0. The fraction of sp³-hybridized carbons (Fsp3) is 0.192. The molecule has 0 bridgehead atoms. The molecule has 0 fully saturated rings. The van der Waals surface area contributed by atoms with Crippen molar-refractivity contribution in [3.05, 3.63) is 81.2 Å². The monoisotopic (exact) mass is 538 g/mol. The van der Waals surface area contributed by atoms with E-state index in [0.717, 1.165) is 15.6 Å². The summed E-state index contributed by atoms with van der Waals surface area (Å²) in [5, 5.41) is 12.0. The second-order valence-corrected chi connectivity index (χ2v) is 8.39. The van der Waals surface area contributed by atoms with E-state index in [1.807, 2.05) is 32.0 Å². The van der Waals surface area contributed by atoms with Crippen molar-refractivity contribution in [3.8, 4) is 23.3 Å². The van der Waals surface area contributed by atoms with Crippen molar-refractivity contribution in [2.75, 3.05) is 13.7 Å². The summed E-state index contributed by atoms with van der Waals surface area (Å²) in [5.41, 5.74) is 2.19. The van der Waals surface area contributed by atoms with Crippen LogP contribution >= 0.6 is 15.9 Å². The number of nitrogens with one attached hydrogen (secondary N) is 1. The van der Waals surface area contributed by atoms with Gasteiger partial charge in [0, 0.05) is 4.47 Å². The first-order valence-electron chi connectivity index (χ1n) is 10.5. The van der Waals surface area contributed by atoms with Crippen LogP contribution in [0.4, 0.5) is 0 Å². The van der Waals surface area contributed by atoms with E-state index in [9.17, 15) is 14.9 Å². The molecule has 0 saturated carbocycles. The molecular formula is C26H23BrN2O6. The molecule has 1 heterocycles. The van der Waals surface area contributed by atoms with E-state index in [4.69, 9.17) is 18.6 Å². The third-order valence-corrected chi connectivity index (χ3v) is 5.31. The maximum atomic E-state index is 12.4. The molecule has 0 unspecified atom stereocenters. The zero-order valence-electron chi connectivity index (χ0n) is 19.4. The average molecular weight is 539 g/mol. The Labute approximate surface area is 211 Å². The van der Waals surface area contributed by atoms with Crippen molar-refractivity contribution in [2.24, 2.45) is 0 Å². The van der Waals surface area contributed by atoms with Gasteiger partial charge >= 0.3 is 5.97 Å². The second-order valence-electron chi connectivity index (χ2n) is 7.47. The standard InChI is InChI=1S/C26H23BrN2O6/c1-16-9-20(27)10-17(2)25(16)34-15-24(30)35-22-7-6-18(12-23(22)32-3)11-19(13-28)26(31)29-14-21-5-4-8-33-21/h4-12H,14-15H2,1-3H3,(H,29,31)/b19-11+. The van der Waals surface area contributed by atoms with Gasteiger partial charge in [-0.1, -0.05) is 22.0 Å². The van der Waals surface area contributed by atoms with Crippen molar-refractivity contribution < 1.29 is 28.2 Å². The highest BCUT2D eigenvalue weighted by Crippen LogP contribution is 2.30. The van der Waals surface area contributed by atoms with E-state index in [-0.39, 0.29) is 30.2 Å². The molecular weight excluding hydrogens is 516 g/mol. The molecule has 1 aromatic heterocycles. The van der Waals surface area contributed by atoms with Gasteiger partial charge in [-0.15, -0.1) is 0 Å². The van der Waals surface area contributed by atoms with Crippen molar-refractivity contribution >= 4 is 33.9 Å². The first-order chi connectivity index (χ1) is 16.8. The second kappa shape index (κ2) is 11.9. The van der Waals surface area contributed by atoms with Gasteiger partial charge in [0.05, 0.1) is 19.9 Å². The first kappa shape index (κ1) is 25.6. The summed E-state index contributed by atoms with van der Waals surface area (Å²) >= 11 is 3.43. The van der Waals surface area contributed by atoms with E-state index in [1.54, 1.807) is 24.3 Å². The third kappa shape index (κ3) is 6.98. The number of halogens is 1. The Balaban J connectivity index is 1.66. The molecule has 1 amide bonds. The first-order valence-corrected chi connectivity index (χ1v) is 11.3. The zero-order chi connectivity index (χ0) is 25.4. The molecule has 0 spiro atoms. The van der Waals surface area contributed by atoms with Gasteiger partial charge in [-0.05, 0) is 73.0 Å². The van der Waals surface area contributed by atoms with Crippen LogP contribution < -0.4 is 19.5 Å². The minimum absolute atomic E-state index is 0.100. The molecule has 3 aromatic rings. The lowest BCUT2D eigenvalue weighted by atomic mass is 10.1. The minimum Gasteiger partial charge on any atom is -0.493 e. The molecule has 0 saturated heterocycles. The number of carbonyl (C=O) groups excluding carboxylic acids is 2. The highest BCUT2D eigenvalue weighted by Gasteiger charge is 2.15. The number of nitriles is 1. The normalized spacial score (nSPS) is 10.9. The van der Waals surface area contributed by atoms with E-state index in [1.165, 1.54) is 25.5 Å². The molecule has 0 aliphatic carbocycles.